The number of likely N-dealkylation sites (tertiary alicyclic amines) is 1. The summed E-state index contributed by atoms with van der Waals surface area (Å²) in [5.41, 5.74) is -0.499. The first-order valence-corrected chi connectivity index (χ1v) is 6.81. The predicted molar refractivity (Wildman–Crippen MR) is 73.8 cm³/mol. The van der Waals surface area contributed by atoms with E-state index in [1.165, 1.54) is 0 Å². The zero-order valence-corrected chi connectivity index (χ0v) is 12.9. The monoisotopic (exact) mass is 270 g/mol. The van der Waals surface area contributed by atoms with Gasteiger partial charge < -0.3 is 14.5 Å². The highest BCUT2D eigenvalue weighted by Gasteiger charge is 2.35. The van der Waals surface area contributed by atoms with Crippen LogP contribution in [0.25, 0.3) is 0 Å². The fourth-order valence-electron chi connectivity index (χ4n) is 2.21. The van der Waals surface area contributed by atoms with E-state index >= 15 is 0 Å². The van der Waals surface area contributed by atoms with Crippen LogP contribution in [-0.2, 0) is 9.53 Å². The van der Waals surface area contributed by atoms with Crippen LogP contribution in [0.3, 0.4) is 0 Å². The second-order valence-electron chi connectivity index (χ2n) is 6.53. The maximum Gasteiger partial charge on any atom is 0.410 e. The maximum absolute atomic E-state index is 12.1. The number of hydrogen-bond acceptors (Lipinski definition) is 3. The van der Waals surface area contributed by atoms with E-state index in [-0.39, 0.29) is 17.9 Å². The molecule has 0 N–H and O–H groups in total. The number of hydrogen-bond donors (Lipinski definition) is 0. The fourth-order valence-corrected chi connectivity index (χ4v) is 2.21. The highest BCUT2D eigenvalue weighted by atomic mass is 16.6. The topological polar surface area (TPSA) is 49.9 Å². The second kappa shape index (κ2) is 5.80. The molecule has 1 aliphatic heterocycles. The van der Waals surface area contributed by atoms with Gasteiger partial charge in [-0.2, -0.15) is 0 Å². The second-order valence-corrected chi connectivity index (χ2v) is 6.53. The minimum absolute atomic E-state index is 0.0840. The Balaban J connectivity index is 2.69. The van der Waals surface area contributed by atoms with Crippen LogP contribution in [0, 0.1) is 11.8 Å². The van der Waals surface area contributed by atoms with Crippen LogP contribution in [0.1, 0.15) is 34.1 Å². The molecule has 5 nitrogen and oxygen atoms in total. The van der Waals surface area contributed by atoms with E-state index in [0.717, 1.165) is 6.42 Å². The standard InChI is InChI=1S/C14H26N2O3/c1-10-7-8-16(13(18)19-14(2,3)4)9-11(10)12(17)15(5)6/h10-11H,7-9H2,1-6H3/t10-,11+/m0/s1. The zero-order chi connectivity index (χ0) is 14.8. The molecule has 110 valence electrons. The van der Waals surface area contributed by atoms with E-state index in [0.29, 0.717) is 19.0 Å². The maximum atomic E-state index is 12.1. The molecule has 0 aromatic heterocycles. The Morgan fingerprint density at radius 3 is 2.32 bits per heavy atom. The molecule has 2 atom stereocenters. The number of rotatable bonds is 1. The molecule has 1 fully saturated rings. The van der Waals surface area contributed by atoms with Crippen molar-refractivity contribution in [2.45, 2.75) is 39.7 Å². The molecule has 1 saturated heterocycles. The van der Waals surface area contributed by atoms with Crippen LogP contribution in [0.4, 0.5) is 4.79 Å². The summed E-state index contributed by atoms with van der Waals surface area (Å²) in [6, 6.07) is 0. The summed E-state index contributed by atoms with van der Waals surface area (Å²) in [6.07, 6.45) is 0.514. The zero-order valence-electron chi connectivity index (χ0n) is 12.9. The van der Waals surface area contributed by atoms with Crippen molar-refractivity contribution in [2.75, 3.05) is 27.2 Å². The van der Waals surface area contributed by atoms with Crippen molar-refractivity contribution in [3.63, 3.8) is 0 Å². The molecular formula is C14H26N2O3. The first-order valence-electron chi connectivity index (χ1n) is 6.81. The summed E-state index contributed by atoms with van der Waals surface area (Å²) >= 11 is 0. The number of amides is 2. The molecule has 0 bridgehead atoms. The number of carbonyl (C=O) groups excluding carboxylic acids is 2. The van der Waals surface area contributed by atoms with Gasteiger partial charge in [-0.25, -0.2) is 4.79 Å². The normalized spacial score (nSPS) is 24.0. The minimum atomic E-state index is -0.499. The van der Waals surface area contributed by atoms with Crippen molar-refractivity contribution in [3.05, 3.63) is 0 Å². The van der Waals surface area contributed by atoms with Gasteiger partial charge in [-0.3, -0.25) is 4.79 Å². The largest absolute Gasteiger partial charge is 0.444 e. The van der Waals surface area contributed by atoms with Gasteiger partial charge in [0.25, 0.3) is 0 Å². The van der Waals surface area contributed by atoms with Crippen molar-refractivity contribution in [1.29, 1.82) is 0 Å². The summed E-state index contributed by atoms with van der Waals surface area (Å²) in [7, 11) is 3.50. The average molecular weight is 270 g/mol. The van der Waals surface area contributed by atoms with Crippen LogP contribution < -0.4 is 0 Å². The van der Waals surface area contributed by atoms with Gasteiger partial charge in [-0.05, 0) is 33.1 Å². The van der Waals surface area contributed by atoms with Crippen LogP contribution in [-0.4, -0.2) is 54.6 Å². The highest BCUT2D eigenvalue weighted by molar-refractivity contribution is 5.80. The number of piperidine rings is 1. The average Bonchev–Trinajstić information content (AvgIpc) is 2.26. The van der Waals surface area contributed by atoms with Crippen molar-refractivity contribution >= 4 is 12.0 Å². The Kier molecular flexibility index (Phi) is 4.82. The molecule has 19 heavy (non-hydrogen) atoms. The lowest BCUT2D eigenvalue weighted by Gasteiger charge is -2.37. The van der Waals surface area contributed by atoms with Crippen molar-refractivity contribution in [3.8, 4) is 0 Å². The summed E-state index contributed by atoms with van der Waals surface area (Å²) in [4.78, 5) is 27.4. The molecule has 0 saturated carbocycles. The number of ether oxygens (including phenoxy) is 1. The molecule has 0 aromatic carbocycles. The van der Waals surface area contributed by atoms with E-state index in [9.17, 15) is 9.59 Å². The predicted octanol–water partition coefficient (Wildman–Crippen LogP) is 1.97. The molecule has 0 aliphatic carbocycles. The van der Waals surface area contributed by atoms with Crippen LogP contribution in [0.15, 0.2) is 0 Å². The van der Waals surface area contributed by atoms with Gasteiger partial charge in [0.15, 0.2) is 0 Å². The van der Waals surface area contributed by atoms with Gasteiger partial charge in [-0.15, -0.1) is 0 Å². The molecule has 2 amide bonds. The van der Waals surface area contributed by atoms with Gasteiger partial charge in [0.1, 0.15) is 5.60 Å². The lowest BCUT2D eigenvalue weighted by atomic mass is 9.86. The van der Waals surface area contributed by atoms with Gasteiger partial charge in [-0.1, -0.05) is 6.92 Å². The fraction of sp³-hybridized carbons (Fsp3) is 0.857. The van der Waals surface area contributed by atoms with Crippen LogP contribution >= 0.6 is 0 Å². The smallest absolute Gasteiger partial charge is 0.410 e. The van der Waals surface area contributed by atoms with Crippen molar-refractivity contribution in [1.82, 2.24) is 9.80 Å². The summed E-state index contributed by atoms with van der Waals surface area (Å²) in [5.74, 6) is 0.255. The van der Waals surface area contributed by atoms with E-state index in [2.05, 4.69) is 6.92 Å². The molecule has 1 rings (SSSR count). The number of nitrogens with zero attached hydrogens (tertiary/aromatic N) is 2. The Hall–Kier alpha value is -1.26. The quantitative estimate of drug-likeness (QED) is 0.732. The molecule has 0 radical (unpaired) electrons. The molecule has 0 aromatic rings. The lowest BCUT2D eigenvalue weighted by molar-refractivity contribution is -0.136. The van der Waals surface area contributed by atoms with Gasteiger partial charge in [0.2, 0.25) is 5.91 Å². The third-order valence-electron chi connectivity index (χ3n) is 3.37. The molecule has 0 spiro atoms. The number of carbonyl (C=O) groups is 2. The third kappa shape index (κ3) is 4.40. The van der Waals surface area contributed by atoms with E-state index in [4.69, 9.17) is 4.74 Å². The Morgan fingerprint density at radius 2 is 1.84 bits per heavy atom. The first kappa shape index (κ1) is 15.8. The Bertz CT molecular complexity index is 347. The first-order chi connectivity index (χ1) is 8.61. The summed E-state index contributed by atoms with van der Waals surface area (Å²) in [6.45, 7) is 8.72. The van der Waals surface area contributed by atoms with Crippen LogP contribution in [0.5, 0.6) is 0 Å². The molecule has 1 aliphatic rings. The van der Waals surface area contributed by atoms with Gasteiger partial charge in [0.05, 0.1) is 5.92 Å². The molecule has 5 heteroatoms. The summed E-state index contributed by atoms with van der Waals surface area (Å²) in [5, 5.41) is 0. The van der Waals surface area contributed by atoms with Crippen molar-refractivity contribution < 1.29 is 14.3 Å². The molecule has 0 unspecified atom stereocenters. The SMILES string of the molecule is C[C@H]1CCN(C(=O)OC(C)(C)C)C[C@H]1C(=O)N(C)C. The third-order valence-corrected chi connectivity index (χ3v) is 3.37. The van der Waals surface area contributed by atoms with Crippen LogP contribution in [0.2, 0.25) is 0 Å². The van der Waals surface area contributed by atoms with Crippen molar-refractivity contribution in [2.24, 2.45) is 11.8 Å². The van der Waals surface area contributed by atoms with E-state index < -0.39 is 5.60 Å². The molecular weight excluding hydrogens is 244 g/mol. The van der Waals surface area contributed by atoms with Gasteiger partial charge in [0, 0.05) is 27.2 Å². The molecule has 1 heterocycles. The minimum Gasteiger partial charge on any atom is -0.444 e. The lowest BCUT2D eigenvalue weighted by Crippen LogP contribution is -2.49. The van der Waals surface area contributed by atoms with E-state index in [1.807, 2.05) is 20.8 Å². The summed E-state index contributed by atoms with van der Waals surface area (Å²) < 4.78 is 5.36. The van der Waals surface area contributed by atoms with E-state index in [1.54, 1.807) is 23.9 Å². The Morgan fingerprint density at radius 1 is 1.26 bits per heavy atom. The Labute approximate surface area is 115 Å². The highest BCUT2D eigenvalue weighted by Crippen LogP contribution is 2.25. The van der Waals surface area contributed by atoms with Gasteiger partial charge >= 0.3 is 6.09 Å².